The van der Waals surface area contributed by atoms with E-state index in [0.717, 1.165) is 31.7 Å². The Balaban J connectivity index is 2.19. The lowest BCUT2D eigenvalue weighted by molar-refractivity contribution is 0.0827. The zero-order valence-corrected chi connectivity index (χ0v) is 13.5. The second kappa shape index (κ2) is 6.35. The molecule has 5 nitrogen and oxygen atoms in total. The third-order valence-corrected chi connectivity index (χ3v) is 4.27. The van der Waals surface area contributed by atoms with Gasteiger partial charge in [-0.05, 0) is 31.7 Å². The summed E-state index contributed by atoms with van der Waals surface area (Å²) in [5.74, 6) is -0.0157. The lowest BCUT2D eigenvalue weighted by atomic mass is 10.1. The van der Waals surface area contributed by atoms with E-state index in [1.54, 1.807) is 25.1 Å². The second-order valence-electron chi connectivity index (χ2n) is 5.96. The van der Waals surface area contributed by atoms with Crippen LogP contribution in [-0.2, 0) is 0 Å². The molecule has 1 aromatic carbocycles. The number of benzene rings is 1. The van der Waals surface area contributed by atoms with Crippen LogP contribution in [-0.4, -0.2) is 62.5 Å². The van der Waals surface area contributed by atoms with Crippen LogP contribution in [0.2, 0.25) is 0 Å². The third-order valence-electron chi connectivity index (χ3n) is 4.27. The smallest absolute Gasteiger partial charge is 0.253 e. The normalized spacial score (nSPS) is 19.6. The summed E-state index contributed by atoms with van der Waals surface area (Å²) in [7, 11) is 5.67. The molecule has 1 atom stereocenters. The fourth-order valence-electron chi connectivity index (χ4n) is 2.84. The Bertz CT molecular complexity index is 515. The molecule has 5 heteroatoms. The van der Waals surface area contributed by atoms with Crippen molar-refractivity contribution in [3.05, 3.63) is 23.8 Å². The van der Waals surface area contributed by atoms with Crippen molar-refractivity contribution in [2.45, 2.75) is 19.4 Å². The third kappa shape index (κ3) is 3.29. The van der Waals surface area contributed by atoms with Gasteiger partial charge in [0.25, 0.3) is 5.91 Å². The summed E-state index contributed by atoms with van der Waals surface area (Å²) < 4.78 is 0. The maximum atomic E-state index is 12.0. The topological polar surface area (TPSA) is 52.8 Å². The Kier molecular flexibility index (Phi) is 4.73. The molecule has 0 aromatic heterocycles. The van der Waals surface area contributed by atoms with E-state index in [0.29, 0.717) is 17.3 Å². The number of hydrogen-bond acceptors (Lipinski definition) is 4. The molecule has 0 radical (unpaired) electrons. The van der Waals surface area contributed by atoms with E-state index >= 15 is 0 Å². The minimum absolute atomic E-state index is 0.0157. The van der Waals surface area contributed by atoms with Gasteiger partial charge < -0.3 is 15.5 Å². The Morgan fingerprint density at radius 2 is 2.10 bits per heavy atom. The summed E-state index contributed by atoms with van der Waals surface area (Å²) in [5, 5.41) is 0. The first-order chi connectivity index (χ1) is 9.93. The highest BCUT2D eigenvalue weighted by Gasteiger charge is 2.24. The van der Waals surface area contributed by atoms with Crippen molar-refractivity contribution in [1.29, 1.82) is 0 Å². The number of piperazine rings is 1. The molecule has 1 aliphatic rings. The number of anilines is 2. The van der Waals surface area contributed by atoms with Gasteiger partial charge in [0.05, 0.1) is 11.4 Å². The van der Waals surface area contributed by atoms with Gasteiger partial charge in [-0.3, -0.25) is 9.69 Å². The van der Waals surface area contributed by atoms with E-state index in [1.807, 2.05) is 12.1 Å². The molecule has 1 saturated heterocycles. The van der Waals surface area contributed by atoms with Crippen molar-refractivity contribution in [2.75, 3.05) is 51.4 Å². The molecule has 0 bridgehead atoms. The fraction of sp³-hybridized carbons (Fsp3) is 0.562. The van der Waals surface area contributed by atoms with Gasteiger partial charge in [-0.2, -0.15) is 0 Å². The van der Waals surface area contributed by atoms with E-state index in [2.05, 4.69) is 23.8 Å². The Labute approximate surface area is 127 Å². The lowest BCUT2D eigenvalue weighted by Crippen LogP contribution is -2.51. The summed E-state index contributed by atoms with van der Waals surface area (Å²) >= 11 is 0. The van der Waals surface area contributed by atoms with Gasteiger partial charge in [0.2, 0.25) is 0 Å². The monoisotopic (exact) mass is 290 g/mol. The Morgan fingerprint density at radius 1 is 1.38 bits per heavy atom. The first-order valence-corrected chi connectivity index (χ1v) is 7.50. The summed E-state index contributed by atoms with van der Waals surface area (Å²) in [4.78, 5) is 18.3. The van der Waals surface area contributed by atoms with Gasteiger partial charge in [-0.15, -0.1) is 0 Å². The summed E-state index contributed by atoms with van der Waals surface area (Å²) in [6, 6.07) is 6.19. The van der Waals surface area contributed by atoms with E-state index in [9.17, 15) is 4.79 Å². The first-order valence-electron chi connectivity index (χ1n) is 7.50. The quantitative estimate of drug-likeness (QED) is 0.857. The van der Waals surface area contributed by atoms with Crippen LogP contribution in [0.5, 0.6) is 0 Å². The number of nitrogens with two attached hydrogens (primary N) is 1. The molecule has 1 fully saturated rings. The zero-order valence-electron chi connectivity index (χ0n) is 13.5. The zero-order chi connectivity index (χ0) is 15.6. The second-order valence-corrected chi connectivity index (χ2v) is 5.96. The van der Waals surface area contributed by atoms with Crippen molar-refractivity contribution in [2.24, 2.45) is 0 Å². The van der Waals surface area contributed by atoms with Crippen LogP contribution >= 0.6 is 0 Å². The van der Waals surface area contributed by atoms with Gasteiger partial charge in [-0.25, -0.2) is 0 Å². The largest absolute Gasteiger partial charge is 0.397 e. The van der Waals surface area contributed by atoms with Crippen LogP contribution in [0.25, 0.3) is 0 Å². The molecule has 21 heavy (non-hydrogen) atoms. The molecule has 0 aliphatic carbocycles. The van der Waals surface area contributed by atoms with Crippen LogP contribution in [0.15, 0.2) is 18.2 Å². The molecule has 116 valence electrons. The molecule has 1 amide bonds. The molecule has 0 spiro atoms. The average molecular weight is 290 g/mol. The van der Waals surface area contributed by atoms with Crippen molar-refractivity contribution < 1.29 is 4.79 Å². The Hall–Kier alpha value is -1.75. The SMILES string of the molecule is CCC1CN(c2ccc(C(=O)N(C)C)cc2N)CCN1C. The number of rotatable bonds is 3. The van der Waals surface area contributed by atoms with E-state index in [1.165, 1.54) is 0 Å². The van der Waals surface area contributed by atoms with Crippen molar-refractivity contribution in [3.8, 4) is 0 Å². The fourth-order valence-corrected chi connectivity index (χ4v) is 2.84. The molecule has 1 aromatic rings. The number of carbonyl (C=O) groups excluding carboxylic acids is 1. The Morgan fingerprint density at radius 3 is 2.67 bits per heavy atom. The number of carbonyl (C=O) groups is 1. The number of amides is 1. The first kappa shape index (κ1) is 15.6. The highest BCUT2D eigenvalue weighted by Crippen LogP contribution is 2.27. The summed E-state index contributed by atoms with van der Waals surface area (Å²) in [6.45, 7) is 5.21. The van der Waals surface area contributed by atoms with Gasteiger partial charge in [0.15, 0.2) is 0 Å². The van der Waals surface area contributed by atoms with Crippen molar-refractivity contribution >= 4 is 17.3 Å². The highest BCUT2D eigenvalue weighted by molar-refractivity contribution is 5.95. The molecule has 0 saturated carbocycles. The van der Waals surface area contributed by atoms with Gasteiger partial charge in [0, 0.05) is 45.3 Å². The molecule has 1 heterocycles. The van der Waals surface area contributed by atoms with E-state index < -0.39 is 0 Å². The lowest BCUT2D eigenvalue weighted by Gasteiger charge is -2.40. The molecule has 2 rings (SSSR count). The average Bonchev–Trinajstić information content (AvgIpc) is 2.47. The predicted molar refractivity (Wildman–Crippen MR) is 87.8 cm³/mol. The number of nitrogens with zero attached hydrogens (tertiary/aromatic N) is 3. The molecule has 1 aliphatic heterocycles. The van der Waals surface area contributed by atoms with Crippen LogP contribution < -0.4 is 10.6 Å². The van der Waals surface area contributed by atoms with Gasteiger partial charge in [0.1, 0.15) is 0 Å². The van der Waals surface area contributed by atoms with Crippen molar-refractivity contribution in [3.63, 3.8) is 0 Å². The van der Waals surface area contributed by atoms with E-state index in [-0.39, 0.29) is 5.91 Å². The van der Waals surface area contributed by atoms with Crippen LogP contribution in [0.1, 0.15) is 23.7 Å². The molecular weight excluding hydrogens is 264 g/mol. The minimum atomic E-state index is -0.0157. The number of hydrogen-bond donors (Lipinski definition) is 1. The maximum Gasteiger partial charge on any atom is 0.253 e. The number of nitrogen functional groups attached to an aromatic ring is 1. The van der Waals surface area contributed by atoms with Gasteiger partial charge >= 0.3 is 0 Å². The maximum absolute atomic E-state index is 12.0. The predicted octanol–water partition coefficient (Wildman–Crippen LogP) is 1.50. The molecule has 1 unspecified atom stereocenters. The van der Waals surface area contributed by atoms with Crippen LogP contribution in [0, 0.1) is 0 Å². The molecular formula is C16H26N4O. The minimum Gasteiger partial charge on any atom is -0.397 e. The standard InChI is InChI=1S/C16H26N4O/c1-5-13-11-20(9-8-19(13)4)15-7-6-12(10-14(15)17)16(21)18(2)3/h6-7,10,13H,5,8-9,11,17H2,1-4H3. The molecule has 2 N–H and O–H groups in total. The summed E-state index contributed by atoms with van der Waals surface area (Å²) in [5.41, 5.74) is 8.55. The van der Waals surface area contributed by atoms with Crippen LogP contribution in [0.3, 0.4) is 0 Å². The van der Waals surface area contributed by atoms with E-state index in [4.69, 9.17) is 5.73 Å². The summed E-state index contributed by atoms with van der Waals surface area (Å²) in [6.07, 6.45) is 1.13. The van der Waals surface area contributed by atoms with Crippen LogP contribution in [0.4, 0.5) is 11.4 Å². The highest BCUT2D eigenvalue weighted by atomic mass is 16.2. The van der Waals surface area contributed by atoms with Crippen molar-refractivity contribution in [1.82, 2.24) is 9.80 Å². The van der Waals surface area contributed by atoms with Gasteiger partial charge in [-0.1, -0.05) is 6.92 Å². The number of likely N-dealkylation sites (N-methyl/N-ethyl adjacent to an activating group) is 1.